The number of nitrogens with zero attached hydrogens (tertiary/aromatic N) is 2. The summed E-state index contributed by atoms with van der Waals surface area (Å²) in [6.07, 6.45) is 2.49. The van der Waals surface area contributed by atoms with Crippen LogP contribution in [0.5, 0.6) is 0 Å². The van der Waals surface area contributed by atoms with Gasteiger partial charge in [0.15, 0.2) is 0 Å². The zero-order valence-corrected chi connectivity index (χ0v) is 10.6. The standard InChI is InChI=1S/C12H20N4O/c1-4-8(3)16(5-2)11-6-9(12(14)17)10(13)7-15-11/h6-8H,4-5,13H2,1-3H3,(H2,14,17). The van der Waals surface area contributed by atoms with E-state index in [1.54, 1.807) is 6.07 Å². The van der Waals surface area contributed by atoms with E-state index in [1.807, 2.05) is 6.92 Å². The molecule has 1 unspecified atom stereocenters. The van der Waals surface area contributed by atoms with Gasteiger partial charge in [0.25, 0.3) is 5.91 Å². The molecule has 0 saturated carbocycles. The van der Waals surface area contributed by atoms with Crippen molar-refractivity contribution in [2.24, 2.45) is 5.73 Å². The largest absolute Gasteiger partial charge is 0.397 e. The monoisotopic (exact) mass is 236 g/mol. The van der Waals surface area contributed by atoms with Crippen LogP contribution in [0.25, 0.3) is 0 Å². The van der Waals surface area contributed by atoms with Crippen molar-refractivity contribution in [3.63, 3.8) is 0 Å². The Morgan fingerprint density at radius 3 is 2.65 bits per heavy atom. The summed E-state index contributed by atoms with van der Waals surface area (Å²) in [4.78, 5) is 17.6. The number of aromatic nitrogens is 1. The molecule has 1 heterocycles. The van der Waals surface area contributed by atoms with Gasteiger partial charge in [-0.05, 0) is 26.3 Å². The van der Waals surface area contributed by atoms with Gasteiger partial charge in [0.05, 0.1) is 17.4 Å². The van der Waals surface area contributed by atoms with Gasteiger partial charge in [-0.15, -0.1) is 0 Å². The first kappa shape index (κ1) is 13.3. The Morgan fingerprint density at radius 2 is 2.18 bits per heavy atom. The maximum Gasteiger partial charge on any atom is 0.250 e. The van der Waals surface area contributed by atoms with Gasteiger partial charge < -0.3 is 16.4 Å². The quantitative estimate of drug-likeness (QED) is 0.809. The molecule has 0 bridgehead atoms. The third-order valence-corrected chi connectivity index (χ3v) is 2.94. The molecule has 5 nitrogen and oxygen atoms in total. The molecule has 0 aliphatic carbocycles. The van der Waals surface area contributed by atoms with Crippen molar-refractivity contribution in [3.05, 3.63) is 17.8 Å². The van der Waals surface area contributed by atoms with E-state index >= 15 is 0 Å². The SMILES string of the molecule is CCC(C)N(CC)c1cc(C(N)=O)c(N)cn1. The molecule has 0 aliphatic rings. The molecule has 5 heteroatoms. The van der Waals surface area contributed by atoms with Crippen LogP contribution in [0.3, 0.4) is 0 Å². The topological polar surface area (TPSA) is 85.2 Å². The molecule has 1 aromatic rings. The molecule has 94 valence electrons. The molecule has 0 aliphatic heterocycles. The van der Waals surface area contributed by atoms with Crippen molar-refractivity contribution in [3.8, 4) is 0 Å². The summed E-state index contributed by atoms with van der Waals surface area (Å²) in [6, 6.07) is 2.02. The molecule has 0 spiro atoms. The van der Waals surface area contributed by atoms with Gasteiger partial charge in [0.1, 0.15) is 5.82 Å². The Balaban J connectivity index is 3.13. The molecule has 1 rings (SSSR count). The highest BCUT2D eigenvalue weighted by Crippen LogP contribution is 2.20. The van der Waals surface area contributed by atoms with Crippen LogP contribution in [0, 0.1) is 0 Å². The van der Waals surface area contributed by atoms with E-state index in [0.29, 0.717) is 17.3 Å². The van der Waals surface area contributed by atoms with Crippen LogP contribution in [-0.4, -0.2) is 23.5 Å². The zero-order chi connectivity index (χ0) is 13.0. The second-order valence-electron chi connectivity index (χ2n) is 4.04. The summed E-state index contributed by atoms with van der Waals surface area (Å²) in [6.45, 7) is 7.10. The average Bonchev–Trinajstić information content (AvgIpc) is 2.31. The van der Waals surface area contributed by atoms with Gasteiger partial charge >= 0.3 is 0 Å². The minimum atomic E-state index is -0.522. The number of carbonyl (C=O) groups excluding carboxylic acids is 1. The van der Waals surface area contributed by atoms with Gasteiger partial charge in [-0.25, -0.2) is 4.98 Å². The Kier molecular flexibility index (Phi) is 4.31. The van der Waals surface area contributed by atoms with Gasteiger partial charge in [-0.1, -0.05) is 6.92 Å². The normalized spacial score (nSPS) is 12.2. The van der Waals surface area contributed by atoms with Crippen molar-refractivity contribution in [2.45, 2.75) is 33.2 Å². The first-order chi connectivity index (χ1) is 8.01. The Hall–Kier alpha value is -1.78. The molecular weight excluding hydrogens is 216 g/mol. The fourth-order valence-corrected chi connectivity index (χ4v) is 1.75. The predicted molar refractivity (Wildman–Crippen MR) is 69.9 cm³/mol. The highest BCUT2D eigenvalue weighted by atomic mass is 16.1. The lowest BCUT2D eigenvalue weighted by atomic mass is 10.1. The highest BCUT2D eigenvalue weighted by Gasteiger charge is 2.15. The van der Waals surface area contributed by atoms with Gasteiger partial charge in [-0.3, -0.25) is 4.79 Å². The van der Waals surface area contributed by atoms with Gasteiger partial charge in [0.2, 0.25) is 0 Å². The molecule has 0 saturated heterocycles. The van der Waals surface area contributed by atoms with E-state index in [-0.39, 0.29) is 0 Å². The zero-order valence-electron chi connectivity index (χ0n) is 10.6. The van der Waals surface area contributed by atoms with Crippen LogP contribution in [0.4, 0.5) is 11.5 Å². The molecule has 0 aromatic carbocycles. The van der Waals surface area contributed by atoms with E-state index in [0.717, 1.165) is 18.8 Å². The molecule has 1 aromatic heterocycles. The summed E-state index contributed by atoms with van der Waals surface area (Å²) >= 11 is 0. The average molecular weight is 236 g/mol. The van der Waals surface area contributed by atoms with E-state index in [2.05, 4.69) is 23.7 Å². The number of primary amides is 1. The van der Waals surface area contributed by atoms with E-state index < -0.39 is 5.91 Å². The van der Waals surface area contributed by atoms with E-state index in [9.17, 15) is 4.79 Å². The third kappa shape index (κ3) is 2.87. The molecule has 17 heavy (non-hydrogen) atoms. The number of hydrogen-bond donors (Lipinski definition) is 2. The fourth-order valence-electron chi connectivity index (χ4n) is 1.75. The number of anilines is 2. The Bertz CT molecular complexity index is 405. The predicted octanol–water partition coefficient (Wildman–Crippen LogP) is 1.39. The smallest absolute Gasteiger partial charge is 0.250 e. The van der Waals surface area contributed by atoms with Crippen LogP contribution < -0.4 is 16.4 Å². The van der Waals surface area contributed by atoms with Crippen molar-refractivity contribution >= 4 is 17.4 Å². The number of carbonyl (C=O) groups is 1. The van der Waals surface area contributed by atoms with Crippen molar-refractivity contribution < 1.29 is 4.79 Å². The lowest BCUT2D eigenvalue weighted by Gasteiger charge is -2.28. The Morgan fingerprint density at radius 1 is 1.53 bits per heavy atom. The Labute approximate surface area is 102 Å². The third-order valence-electron chi connectivity index (χ3n) is 2.94. The van der Waals surface area contributed by atoms with Crippen LogP contribution in [0.15, 0.2) is 12.3 Å². The summed E-state index contributed by atoms with van der Waals surface area (Å²) in [7, 11) is 0. The highest BCUT2D eigenvalue weighted by molar-refractivity contribution is 5.98. The fraction of sp³-hybridized carbons (Fsp3) is 0.500. The number of hydrogen-bond acceptors (Lipinski definition) is 4. The van der Waals surface area contributed by atoms with E-state index in [4.69, 9.17) is 11.5 Å². The van der Waals surface area contributed by atoms with Crippen molar-refractivity contribution in [2.75, 3.05) is 17.2 Å². The minimum absolute atomic E-state index is 0.321. The summed E-state index contributed by atoms with van der Waals surface area (Å²) in [5, 5.41) is 0. The summed E-state index contributed by atoms with van der Waals surface area (Å²) in [5.41, 5.74) is 11.6. The lowest BCUT2D eigenvalue weighted by Crippen LogP contribution is -2.33. The second-order valence-corrected chi connectivity index (χ2v) is 4.04. The molecular formula is C12H20N4O. The number of amides is 1. The maximum atomic E-state index is 11.2. The molecule has 1 atom stereocenters. The minimum Gasteiger partial charge on any atom is -0.397 e. The number of rotatable bonds is 5. The van der Waals surface area contributed by atoms with E-state index in [1.165, 1.54) is 6.20 Å². The first-order valence-corrected chi connectivity index (χ1v) is 5.83. The van der Waals surface area contributed by atoms with Gasteiger partial charge in [-0.2, -0.15) is 0 Å². The molecule has 0 fully saturated rings. The van der Waals surface area contributed by atoms with Crippen LogP contribution >= 0.6 is 0 Å². The first-order valence-electron chi connectivity index (χ1n) is 5.83. The maximum absolute atomic E-state index is 11.2. The second kappa shape index (κ2) is 5.52. The number of nitrogen functional groups attached to an aromatic ring is 1. The molecule has 4 N–H and O–H groups in total. The molecule has 0 radical (unpaired) electrons. The van der Waals surface area contributed by atoms with Crippen molar-refractivity contribution in [1.82, 2.24) is 4.98 Å². The van der Waals surface area contributed by atoms with Crippen LogP contribution in [0.1, 0.15) is 37.6 Å². The van der Waals surface area contributed by atoms with Gasteiger partial charge in [0, 0.05) is 12.6 Å². The summed E-state index contributed by atoms with van der Waals surface area (Å²) < 4.78 is 0. The summed E-state index contributed by atoms with van der Waals surface area (Å²) in [5.74, 6) is 0.219. The van der Waals surface area contributed by atoms with Crippen molar-refractivity contribution in [1.29, 1.82) is 0 Å². The molecule has 1 amide bonds. The van der Waals surface area contributed by atoms with Crippen LogP contribution in [-0.2, 0) is 0 Å². The number of nitrogens with two attached hydrogens (primary N) is 2. The van der Waals surface area contributed by atoms with Crippen LogP contribution in [0.2, 0.25) is 0 Å². The number of pyridine rings is 1. The lowest BCUT2D eigenvalue weighted by molar-refractivity contribution is 0.100.